The van der Waals surface area contributed by atoms with Gasteiger partial charge in [0.1, 0.15) is 5.75 Å². The normalized spacial score (nSPS) is 14.2. The van der Waals surface area contributed by atoms with Crippen molar-refractivity contribution < 1.29 is 14.3 Å². The van der Waals surface area contributed by atoms with Gasteiger partial charge in [0, 0.05) is 31.7 Å². The van der Waals surface area contributed by atoms with Gasteiger partial charge in [-0.05, 0) is 34.9 Å². The zero-order valence-corrected chi connectivity index (χ0v) is 17.6. The van der Waals surface area contributed by atoms with E-state index in [1.165, 1.54) is 11.1 Å². The third-order valence-corrected chi connectivity index (χ3v) is 5.29. The lowest BCUT2D eigenvalue weighted by Crippen LogP contribution is -2.35. The summed E-state index contributed by atoms with van der Waals surface area (Å²) in [5, 5.41) is 2.95. The maximum absolute atomic E-state index is 12.5. The lowest BCUT2D eigenvalue weighted by Gasteiger charge is -2.26. The fourth-order valence-corrected chi connectivity index (χ4v) is 3.71. The van der Waals surface area contributed by atoms with Crippen LogP contribution >= 0.6 is 0 Å². The number of nitrogens with one attached hydrogen (secondary N) is 1. The van der Waals surface area contributed by atoms with Crippen LogP contribution in [-0.4, -0.2) is 43.7 Å². The minimum Gasteiger partial charge on any atom is -0.483 e. The Morgan fingerprint density at radius 3 is 2.48 bits per heavy atom. The minimum atomic E-state index is -0.168. The average Bonchev–Trinajstić information content (AvgIpc) is 2.80. The van der Waals surface area contributed by atoms with Crippen LogP contribution in [0, 0.1) is 0 Å². The number of hydrogen-bond donors (Lipinski definition) is 1. The predicted molar refractivity (Wildman–Crippen MR) is 122 cm³/mol. The Bertz CT molecular complexity index is 985. The van der Waals surface area contributed by atoms with Crippen molar-refractivity contribution in [3.05, 3.63) is 95.6 Å². The van der Waals surface area contributed by atoms with Gasteiger partial charge in [-0.15, -0.1) is 0 Å². The molecule has 3 aromatic carbocycles. The Balaban J connectivity index is 1.32. The molecular weight excluding hydrogens is 388 g/mol. The van der Waals surface area contributed by atoms with Crippen molar-refractivity contribution in [2.24, 2.45) is 0 Å². The number of morpholine rings is 1. The van der Waals surface area contributed by atoms with Gasteiger partial charge in [0.05, 0.1) is 13.2 Å². The van der Waals surface area contributed by atoms with Crippen molar-refractivity contribution in [3.8, 4) is 5.75 Å². The summed E-state index contributed by atoms with van der Waals surface area (Å²) >= 11 is 0. The van der Waals surface area contributed by atoms with Crippen molar-refractivity contribution in [3.63, 3.8) is 0 Å². The molecule has 1 aliphatic heterocycles. The zero-order chi connectivity index (χ0) is 21.3. The van der Waals surface area contributed by atoms with Crippen LogP contribution in [0.4, 0.5) is 5.69 Å². The highest BCUT2D eigenvalue weighted by molar-refractivity contribution is 5.91. The molecule has 0 aromatic heterocycles. The van der Waals surface area contributed by atoms with Gasteiger partial charge in [-0.1, -0.05) is 60.7 Å². The number of ether oxygens (including phenoxy) is 2. The Morgan fingerprint density at radius 2 is 1.65 bits per heavy atom. The van der Waals surface area contributed by atoms with Crippen LogP contribution in [-0.2, 0) is 22.5 Å². The van der Waals surface area contributed by atoms with Crippen molar-refractivity contribution in [1.82, 2.24) is 4.90 Å². The molecule has 0 atom stereocenters. The van der Waals surface area contributed by atoms with Crippen LogP contribution in [0.3, 0.4) is 0 Å². The molecule has 1 aliphatic rings. The number of amides is 1. The molecule has 1 N–H and O–H groups in total. The first-order valence-electron chi connectivity index (χ1n) is 10.7. The van der Waals surface area contributed by atoms with E-state index in [1.54, 1.807) is 0 Å². The summed E-state index contributed by atoms with van der Waals surface area (Å²) in [4.78, 5) is 14.9. The molecule has 5 heteroatoms. The molecule has 1 heterocycles. The van der Waals surface area contributed by atoms with Gasteiger partial charge in [-0.25, -0.2) is 0 Å². The Hall–Kier alpha value is -3.15. The number of anilines is 1. The van der Waals surface area contributed by atoms with E-state index in [1.807, 2.05) is 60.7 Å². The summed E-state index contributed by atoms with van der Waals surface area (Å²) < 4.78 is 11.3. The molecule has 0 spiro atoms. The van der Waals surface area contributed by atoms with E-state index in [2.05, 4.69) is 28.4 Å². The first kappa shape index (κ1) is 21.1. The van der Waals surface area contributed by atoms with E-state index in [0.29, 0.717) is 0 Å². The molecule has 4 rings (SSSR count). The molecule has 0 unspecified atom stereocenters. The molecule has 3 aromatic rings. The predicted octanol–water partition coefficient (Wildman–Crippen LogP) is 4.13. The van der Waals surface area contributed by atoms with E-state index in [0.717, 1.165) is 56.3 Å². The molecule has 160 valence electrons. The number of hydrogen-bond acceptors (Lipinski definition) is 4. The molecule has 0 radical (unpaired) electrons. The molecule has 1 amide bonds. The first-order valence-corrected chi connectivity index (χ1v) is 10.7. The van der Waals surface area contributed by atoms with Gasteiger partial charge in [-0.2, -0.15) is 0 Å². The van der Waals surface area contributed by atoms with Gasteiger partial charge >= 0.3 is 0 Å². The summed E-state index contributed by atoms with van der Waals surface area (Å²) in [7, 11) is 0. The third kappa shape index (κ3) is 6.41. The quantitative estimate of drug-likeness (QED) is 0.600. The SMILES string of the molecule is O=C(COc1ccccc1Cc1ccccc1)Nc1cccc(CN2CCOCC2)c1. The topological polar surface area (TPSA) is 50.8 Å². The van der Waals surface area contributed by atoms with Crippen LogP contribution in [0.15, 0.2) is 78.9 Å². The van der Waals surface area contributed by atoms with Crippen molar-refractivity contribution in [2.45, 2.75) is 13.0 Å². The Labute approximate surface area is 183 Å². The number of rotatable bonds is 8. The van der Waals surface area contributed by atoms with Gasteiger partial charge in [0.15, 0.2) is 6.61 Å². The number of carbonyl (C=O) groups excluding carboxylic acids is 1. The molecule has 0 aliphatic carbocycles. The number of carbonyl (C=O) groups is 1. The smallest absolute Gasteiger partial charge is 0.262 e. The summed E-state index contributed by atoms with van der Waals surface area (Å²) in [6.45, 7) is 4.26. The lowest BCUT2D eigenvalue weighted by molar-refractivity contribution is -0.118. The molecular formula is C26H28N2O3. The second-order valence-electron chi connectivity index (χ2n) is 7.70. The summed E-state index contributed by atoms with van der Waals surface area (Å²) in [6.07, 6.45) is 0.766. The third-order valence-electron chi connectivity index (χ3n) is 5.29. The highest BCUT2D eigenvalue weighted by Crippen LogP contribution is 2.21. The Morgan fingerprint density at radius 1 is 0.903 bits per heavy atom. The van der Waals surface area contributed by atoms with Crippen LogP contribution in [0.1, 0.15) is 16.7 Å². The fraction of sp³-hybridized carbons (Fsp3) is 0.269. The van der Waals surface area contributed by atoms with Gasteiger partial charge < -0.3 is 14.8 Å². The molecule has 5 nitrogen and oxygen atoms in total. The maximum Gasteiger partial charge on any atom is 0.262 e. The van der Waals surface area contributed by atoms with E-state index < -0.39 is 0 Å². The first-order chi connectivity index (χ1) is 15.3. The molecule has 31 heavy (non-hydrogen) atoms. The summed E-state index contributed by atoms with van der Waals surface area (Å²) in [6, 6.07) is 26.1. The van der Waals surface area contributed by atoms with Gasteiger partial charge in [0.25, 0.3) is 5.91 Å². The van der Waals surface area contributed by atoms with Crippen LogP contribution in [0.25, 0.3) is 0 Å². The number of nitrogens with zero attached hydrogens (tertiary/aromatic N) is 1. The van der Waals surface area contributed by atoms with Crippen LogP contribution < -0.4 is 10.1 Å². The number of para-hydroxylation sites is 1. The molecule has 1 saturated heterocycles. The molecule has 0 saturated carbocycles. The summed E-state index contributed by atoms with van der Waals surface area (Å²) in [5.41, 5.74) is 4.24. The second-order valence-corrected chi connectivity index (χ2v) is 7.70. The second kappa shape index (κ2) is 10.8. The van der Waals surface area contributed by atoms with Crippen LogP contribution in [0.2, 0.25) is 0 Å². The molecule has 1 fully saturated rings. The van der Waals surface area contributed by atoms with Crippen molar-refractivity contribution in [1.29, 1.82) is 0 Å². The summed E-state index contributed by atoms with van der Waals surface area (Å²) in [5.74, 6) is 0.570. The highest BCUT2D eigenvalue weighted by Gasteiger charge is 2.12. The van der Waals surface area contributed by atoms with E-state index in [4.69, 9.17) is 9.47 Å². The average molecular weight is 417 g/mol. The largest absolute Gasteiger partial charge is 0.483 e. The maximum atomic E-state index is 12.5. The standard InChI is InChI=1S/C26H28N2O3/c29-26(27-24-11-6-9-22(18-24)19-28-13-15-30-16-14-28)20-31-25-12-5-4-10-23(25)17-21-7-2-1-3-8-21/h1-12,18H,13-17,19-20H2,(H,27,29). The van der Waals surface area contributed by atoms with Crippen molar-refractivity contribution >= 4 is 11.6 Å². The van der Waals surface area contributed by atoms with Gasteiger partial charge in [0.2, 0.25) is 0 Å². The molecule has 0 bridgehead atoms. The lowest BCUT2D eigenvalue weighted by atomic mass is 10.0. The highest BCUT2D eigenvalue weighted by atomic mass is 16.5. The van der Waals surface area contributed by atoms with E-state index >= 15 is 0 Å². The zero-order valence-electron chi connectivity index (χ0n) is 17.6. The van der Waals surface area contributed by atoms with Crippen molar-refractivity contribution in [2.75, 3.05) is 38.2 Å². The number of benzene rings is 3. The van der Waals surface area contributed by atoms with Gasteiger partial charge in [-0.3, -0.25) is 9.69 Å². The monoisotopic (exact) mass is 416 g/mol. The minimum absolute atomic E-state index is 0.0283. The fourth-order valence-electron chi connectivity index (χ4n) is 3.71. The Kier molecular flexibility index (Phi) is 7.32. The van der Waals surface area contributed by atoms with Crippen LogP contribution in [0.5, 0.6) is 5.75 Å². The van der Waals surface area contributed by atoms with E-state index in [-0.39, 0.29) is 12.5 Å². The van der Waals surface area contributed by atoms with E-state index in [9.17, 15) is 4.79 Å².